The van der Waals surface area contributed by atoms with Gasteiger partial charge < -0.3 is 4.57 Å². The van der Waals surface area contributed by atoms with E-state index < -0.39 is 11.7 Å². The Morgan fingerprint density at radius 3 is 2.55 bits per heavy atom. The van der Waals surface area contributed by atoms with Gasteiger partial charge in [-0.15, -0.1) is 0 Å². The molecular weight excluding hydrogens is 313 g/mol. The number of rotatable bonds is 2. The van der Waals surface area contributed by atoms with Crippen molar-refractivity contribution >= 4 is 22.6 Å². The molecule has 0 saturated heterocycles. The van der Waals surface area contributed by atoms with Crippen LogP contribution in [-0.2, 0) is 6.18 Å². The minimum absolute atomic E-state index is 0.123. The minimum Gasteiger partial charge on any atom is -0.322 e. The minimum atomic E-state index is -4.46. The van der Waals surface area contributed by atoms with Crippen LogP contribution < -0.4 is 5.32 Å². The summed E-state index contributed by atoms with van der Waals surface area (Å²) in [5.41, 5.74) is -0.179. The molecule has 0 aliphatic rings. The van der Waals surface area contributed by atoms with Gasteiger partial charge in [0, 0.05) is 12.4 Å². The van der Waals surface area contributed by atoms with Crippen molar-refractivity contribution in [3.8, 4) is 11.9 Å². The van der Waals surface area contributed by atoms with Gasteiger partial charge >= 0.3 is 6.18 Å². The van der Waals surface area contributed by atoms with E-state index in [-0.39, 0.29) is 10.9 Å². The zero-order valence-electron chi connectivity index (χ0n) is 11.4. The highest BCUT2D eigenvalue weighted by Gasteiger charge is 2.31. The number of benzene rings is 1. The van der Waals surface area contributed by atoms with Gasteiger partial charge in [-0.3, -0.25) is 5.32 Å². The number of nitrogens with zero attached hydrogens (tertiary/aromatic N) is 3. The van der Waals surface area contributed by atoms with Crippen LogP contribution in [0, 0.1) is 11.5 Å². The lowest BCUT2D eigenvalue weighted by Crippen LogP contribution is -2.13. The molecule has 2 rings (SSSR count). The Morgan fingerprint density at radius 2 is 2.00 bits per heavy atom. The smallest absolute Gasteiger partial charge is 0.322 e. The van der Waals surface area contributed by atoms with Gasteiger partial charge in [-0.2, -0.15) is 18.4 Å². The average Bonchev–Trinajstić information content (AvgIpc) is 2.99. The fourth-order valence-corrected chi connectivity index (χ4v) is 2.12. The fraction of sp³-hybridized carbons (Fsp3) is 0.143. The third kappa shape index (κ3) is 3.62. The summed E-state index contributed by atoms with van der Waals surface area (Å²) in [5.74, 6) is 0. The molecule has 1 N–H and O–H groups in total. The van der Waals surface area contributed by atoms with E-state index in [0.717, 1.165) is 23.9 Å². The van der Waals surface area contributed by atoms with Crippen LogP contribution in [0.15, 0.2) is 47.7 Å². The zero-order chi connectivity index (χ0) is 16.2. The van der Waals surface area contributed by atoms with Crippen molar-refractivity contribution in [2.45, 2.75) is 6.18 Å². The van der Waals surface area contributed by atoms with Gasteiger partial charge in [0.2, 0.25) is 0 Å². The predicted octanol–water partition coefficient (Wildman–Crippen LogP) is 3.92. The number of alkyl halides is 3. The maximum Gasteiger partial charge on any atom is 0.416 e. The van der Waals surface area contributed by atoms with E-state index >= 15 is 0 Å². The van der Waals surface area contributed by atoms with Crippen molar-refractivity contribution in [2.75, 3.05) is 6.26 Å². The first-order valence-electron chi connectivity index (χ1n) is 6.08. The molecule has 0 saturated carbocycles. The van der Waals surface area contributed by atoms with Crippen molar-refractivity contribution < 1.29 is 13.2 Å². The van der Waals surface area contributed by atoms with Crippen molar-refractivity contribution in [2.24, 2.45) is 4.99 Å². The molecule has 0 atom stereocenters. The standard InChI is InChI=1S/C14H11F3N4S/c1-22-13(19-9-18)20-11-8-10(14(15,16)17)4-5-12(11)21-6-2-3-7-21/h2-8H,1H3,(H,19,20). The van der Waals surface area contributed by atoms with E-state index in [1.807, 2.05) is 0 Å². The lowest BCUT2D eigenvalue weighted by Gasteiger charge is -2.12. The fourth-order valence-electron chi connectivity index (χ4n) is 1.78. The van der Waals surface area contributed by atoms with E-state index in [2.05, 4.69) is 10.3 Å². The maximum atomic E-state index is 12.9. The largest absolute Gasteiger partial charge is 0.416 e. The molecule has 0 unspecified atom stereocenters. The normalized spacial score (nSPS) is 12.0. The van der Waals surface area contributed by atoms with E-state index in [1.165, 1.54) is 6.07 Å². The van der Waals surface area contributed by atoms with Crippen molar-refractivity contribution in [1.82, 2.24) is 9.88 Å². The molecule has 1 aromatic carbocycles. The molecule has 0 bridgehead atoms. The molecule has 0 fully saturated rings. The summed E-state index contributed by atoms with van der Waals surface area (Å²) in [7, 11) is 0. The number of thioether (sulfide) groups is 1. The number of hydrogen-bond donors (Lipinski definition) is 1. The summed E-state index contributed by atoms with van der Waals surface area (Å²) >= 11 is 1.13. The van der Waals surface area contributed by atoms with Crippen LogP contribution in [0.5, 0.6) is 0 Å². The monoisotopic (exact) mass is 324 g/mol. The third-order valence-corrected chi connectivity index (χ3v) is 3.34. The number of aromatic nitrogens is 1. The van der Waals surface area contributed by atoms with Gasteiger partial charge in [-0.1, -0.05) is 11.8 Å². The molecular formula is C14H11F3N4S. The molecule has 1 heterocycles. The molecule has 0 amide bonds. The van der Waals surface area contributed by atoms with Crippen LogP contribution in [0.1, 0.15) is 5.56 Å². The van der Waals surface area contributed by atoms with Gasteiger partial charge in [-0.25, -0.2) is 4.99 Å². The van der Waals surface area contributed by atoms with Crippen molar-refractivity contribution in [3.63, 3.8) is 0 Å². The first-order valence-corrected chi connectivity index (χ1v) is 7.30. The highest BCUT2D eigenvalue weighted by Crippen LogP contribution is 2.34. The van der Waals surface area contributed by atoms with E-state index in [9.17, 15) is 13.2 Å². The third-order valence-electron chi connectivity index (χ3n) is 2.76. The predicted molar refractivity (Wildman–Crippen MR) is 80.1 cm³/mol. The summed E-state index contributed by atoms with van der Waals surface area (Å²) in [4.78, 5) is 4.12. The van der Waals surface area contributed by atoms with Gasteiger partial charge in [0.1, 0.15) is 0 Å². The molecule has 0 spiro atoms. The molecule has 114 valence electrons. The van der Waals surface area contributed by atoms with Crippen LogP contribution in [0.3, 0.4) is 0 Å². The number of nitriles is 1. The van der Waals surface area contributed by atoms with E-state index in [0.29, 0.717) is 5.69 Å². The second kappa shape index (κ2) is 6.58. The molecule has 22 heavy (non-hydrogen) atoms. The Hall–Kier alpha value is -2.40. The van der Waals surface area contributed by atoms with Gasteiger partial charge in [0.15, 0.2) is 11.4 Å². The summed E-state index contributed by atoms with van der Waals surface area (Å²) in [6.07, 6.45) is 2.34. The number of amidine groups is 1. The Balaban J connectivity index is 2.58. The Labute approximate surface area is 129 Å². The number of halogens is 3. The van der Waals surface area contributed by atoms with Crippen LogP contribution in [0.4, 0.5) is 18.9 Å². The molecule has 8 heteroatoms. The van der Waals surface area contributed by atoms with Crippen LogP contribution >= 0.6 is 11.8 Å². The highest BCUT2D eigenvalue weighted by molar-refractivity contribution is 8.13. The quantitative estimate of drug-likeness (QED) is 0.394. The second-order valence-electron chi connectivity index (χ2n) is 4.15. The molecule has 4 nitrogen and oxygen atoms in total. The SMILES string of the molecule is CSC(=Nc1cc(C(F)(F)F)ccc1-n1cccc1)NC#N. The lowest BCUT2D eigenvalue weighted by molar-refractivity contribution is -0.137. The van der Waals surface area contributed by atoms with Crippen molar-refractivity contribution in [1.29, 1.82) is 5.26 Å². The summed E-state index contributed by atoms with van der Waals surface area (Å²) in [6.45, 7) is 0. The Bertz CT molecular complexity index is 715. The van der Waals surface area contributed by atoms with Crippen LogP contribution in [-0.4, -0.2) is 16.0 Å². The summed E-state index contributed by atoms with van der Waals surface area (Å²) in [5, 5.41) is 11.2. The van der Waals surface area contributed by atoms with Gasteiger partial charge in [-0.05, 0) is 36.6 Å². The van der Waals surface area contributed by atoms with E-state index in [1.54, 1.807) is 41.5 Å². The van der Waals surface area contributed by atoms with Crippen molar-refractivity contribution in [3.05, 3.63) is 48.3 Å². The second-order valence-corrected chi connectivity index (χ2v) is 4.94. The first-order chi connectivity index (χ1) is 10.5. The molecule has 0 aliphatic carbocycles. The zero-order valence-corrected chi connectivity index (χ0v) is 12.2. The summed E-state index contributed by atoms with van der Waals surface area (Å²) in [6, 6.07) is 6.84. The topological polar surface area (TPSA) is 53.1 Å². The molecule has 0 aliphatic heterocycles. The number of aliphatic imine (C=N–C) groups is 1. The molecule has 2 aromatic rings. The Kier molecular flexibility index (Phi) is 4.78. The van der Waals surface area contributed by atoms with Gasteiger partial charge in [0.05, 0.1) is 16.9 Å². The number of hydrogen-bond acceptors (Lipinski definition) is 3. The lowest BCUT2D eigenvalue weighted by atomic mass is 10.1. The molecule has 1 aromatic heterocycles. The van der Waals surface area contributed by atoms with Crippen LogP contribution in [0.2, 0.25) is 0 Å². The van der Waals surface area contributed by atoms with E-state index in [4.69, 9.17) is 5.26 Å². The Morgan fingerprint density at radius 1 is 1.32 bits per heavy atom. The first kappa shape index (κ1) is 16.0. The number of nitrogens with one attached hydrogen (secondary N) is 1. The maximum absolute atomic E-state index is 12.9. The average molecular weight is 324 g/mol. The molecule has 0 radical (unpaired) electrons. The van der Waals surface area contributed by atoms with Gasteiger partial charge in [0.25, 0.3) is 0 Å². The van der Waals surface area contributed by atoms with Crippen LogP contribution in [0.25, 0.3) is 5.69 Å². The highest BCUT2D eigenvalue weighted by atomic mass is 32.2. The summed E-state index contributed by atoms with van der Waals surface area (Å²) < 4.78 is 40.3.